The largest absolute Gasteiger partial charge is 0.496 e. The van der Waals surface area contributed by atoms with Crippen molar-refractivity contribution in [2.24, 2.45) is 4.99 Å². The van der Waals surface area contributed by atoms with Gasteiger partial charge >= 0.3 is 5.97 Å². The second-order valence-corrected chi connectivity index (χ2v) is 12.2. The molecule has 1 aromatic heterocycles. The van der Waals surface area contributed by atoms with Crippen LogP contribution in [-0.2, 0) is 19.1 Å². The summed E-state index contributed by atoms with van der Waals surface area (Å²) in [5.41, 5.74) is 2.16. The van der Waals surface area contributed by atoms with E-state index in [0.29, 0.717) is 70.4 Å². The fourth-order valence-corrected chi connectivity index (χ4v) is 7.01. The number of hydrogen-bond donors (Lipinski definition) is 0. The molecule has 0 saturated carbocycles. The third kappa shape index (κ3) is 6.59. The first-order chi connectivity index (χ1) is 22.9. The van der Waals surface area contributed by atoms with Crippen molar-refractivity contribution in [2.75, 3.05) is 46.6 Å². The predicted molar refractivity (Wildman–Crippen MR) is 179 cm³/mol. The second kappa shape index (κ2) is 14.4. The summed E-state index contributed by atoms with van der Waals surface area (Å²) in [4.78, 5) is 47.6. The van der Waals surface area contributed by atoms with Gasteiger partial charge in [-0.25, -0.2) is 9.79 Å². The lowest BCUT2D eigenvalue weighted by atomic mass is 9.90. The zero-order valence-electron chi connectivity index (χ0n) is 26.7. The van der Waals surface area contributed by atoms with Crippen LogP contribution in [0, 0.1) is 0 Å². The third-order valence-corrected chi connectivity index (χ3v) is 9.20. The summed E-state index contributed by atoms with van der Waals surface area (Å²) < 4.78 is 24.5. The van der Waals surface area contributed by atoms with Crippen molar-refractivity contribution in [2.45, 2.75) is 32.7 Å². The molecule has 0 N–H and O–H groups in total. The summed E-state index contributed by atoms with van der Waals surface area (Å²) in [5.74, 6) is 0.527. The van der Waals surface area contributed by atoms with Gasteiger partial charge in [0.2, 0.25) is 0 Å². The van der Waals surface area contributed by atoms with Crippen molar-refractivity contribution < 1.29 is 28.5 Å². The monoisotopic (exact) mass is 655 g/mol. The molecule has 0 bridgehead atoms. The van der Waals surface area contributed by atoms with Gasteiger partial charge in [-0.3, -0.25) is 14.2 Å². The number of allylic oxidation sites excluding steroid dienone is 1. The molecule has 1 saturated heterocycles. The van der Waals surface area contributed by atoms with E-state index in [4.69, 9.17) is 23.9 Å². The lowest BCUT2D eigenvalue weighted by molar-refractivity contribution is -0.139. The Morgan fingerprint density at radius 2 is 1.81 bits per heavy atom. The van der Waals surface area contributed by atoms with Crippen LogP contribution < -0.4 is 24.4 Å². The van der Waals surface area contributed by atoms with Gasteiger partial charge in [0, 0.05) is 18.7 Å². The van der Waals surface area contributed by atoms with Crippen LogP contribution >= 0.6 is 11.3 Å². The van der Waals surface area contributed by atoms with Crippen LogP contribution in [0.1, 0.15) is 43.9 Å². The topological polar surface area (TPSA) is 109 Å². The van der Waals surface area contributed by atoms with Crippen molar-refractivity contribution in [1.29, 1.82) is 0 Å². The minimum absolute atomic E-state index is 0.0571. The molecule has 1 fully saturated rings. The normalized spacial score (nSPS) is 16.5. The zero-order chi connectivity index (χ0) is 32.9. The molecule has 11 heteroatoms. The van der Waals surface area contributed by atoms with E-state index in [2.05, 4.69) is 0 Å². The first-order valence-corrected chi connectivity index (χ1v) is 16.6. The number of carbonyl (C=O) groups is 2. The maximum atomic E-state index is 14.3. The Morgan fingerprint density at radius 1 is 1.04 bits per heavy atom. The molecule has 10 nitrogen and oxygen atoms in total. The summed E-state index contributed by atoms with van der Waals surface area (Å²) in [6.45, 7) is 6.11. The fourth-order valence-electron chi connectivity index (χ4n) is 5.99. The number of ether oxygens (including phenoxy) is 4. The number of aromatic nitrogens is 1. The van der Waals surface area contributed by atoms with Gasteiger partial charge in [0.05, 0.1) is 42.7 Å². The molecule has 1 amide bonds. The van der Waals surface area contributed by atoms with Gasteiger partial charge in [-0.1, -0.05) is 67.1 Å². The first-order valence-electron chi connectivity index (χ1n) is 15.8. The number of morpholine rings is 1. The van der Waals surface area contributed by atoms with Crippen LogP contribution in [0.3, 0.4) is 0 Å². The van der Waals surface area contributed by atoms with Crippen molar-refractivity contribution in [3.63, 3.8) is 0 Å². The molecular formula is C36H37N3O7S. The summed E-state index contributed by atoms with van der Waals surface area (Å²) in [5, 5.41) is 1.82. The van der Waals surface area contributed by atoms with Crippen molar-refractivity contribution in [3.05, 3.63) is 103 Å². The molecule has 47 heavy (non-hydrogen) atoms. The highest BCUT2D eigenvalue weighted by Gasteiger charge is 2.37. The van der Waals surface area contributed by atoms with Crippen molar-refractivity contribution >= 4 is 40.1 Å². The Hall–Kier alpha value is -4.74. The molecule has 4 aromatic rings. The Kier molecular flexibility index (Phi) is 9.84. The molecule has 244 valence electrons. The molecule has 3 aromatic carbocycles. The average Bonchev–Trinajstić information content (AvgIpc) is 3.41. The van der Waals surface area contributed by atoms with Crippen molar-refractivity contribution in [3.8, 4) is 11.5 Å². The third-order valence-electron chi connectivity index (χ3n) is 8.22. The number of amides is 1. The van der Waals surface area contributed by atoms with Gasteiger partial charge in [0.1, 0.15) is 17.5 Å². The van der Waals surface area contributed by atoms with Crippen molar-refractivity contribution in [1.82, 2.24) is 9.47 Å². The number of esters is 1. The SMILES string of the molecule is CCCC1=C(C(=O)OCC)[C@@H](c2c(OC)ccc3ccccc23)n2c(s/c(=C/c3ccc(OCC(=O)N4CCOCC4)cc3)c2=O)=N1. The first kappa shape index (κ1) is 32.2. The van der Waals surface area contributed by atoms with Crippen LogP contribution in [0.5, 0.6) is 11.5 Å². The second-order valence-electron chi connectivity index (χ2n) is 11.2. The van der Waals surface area contributed by atoms with E-state index >= 15 is 0 Å². The number of nitrogens with zero attached hydrogens (tertiary/aromatic N) is 3. The summed E-state index contributed by atoms with van der Waals surface area (Å²) in [6.07, 6.45) is 3.10. The highest BCUT2D eigenvalue weighted by atomic mass is 32.1. The quantitative estimate of drug-likeness (QED) is 0.238. The fraction of sp³-hybridized carbons (Fsp3) is 0.333. The number of thiazole rings is 1. The van der Waals surface area contributed by atoms with E-state index in [9.17, 15) is 14.4 Å². The molecule has 0 unspecified atom stereocenters. The van der Waals surface area contributed by atoms with Gasteiger partial charge in [-0.2, -0.15) is 0 Å². The summed E-state index contributed by atoms with van der Waals surface area (Å²) in [7, 11) is 1.59. The maximum Gasteiger partial charge on any atom is 0.338 e. The van der Waals surface area contributed by atoms with E-state index in [-0.39, 0.29) is 24.7 Å². The number of methoxy groups -OCH3 is 1. The van der Waals surface area contributed by atoms with Crippen LogP contribution in [0.4, 0.5) is 0 Å². The Bertz CT molecular complexity index is 2010. The molecule has 3 heterocycles. The van der Waals surface area contributed by atoms with Crippen LogP contribution in [0.2, 0.25) is 0 Å². The van der Waals surface area contributed by atoms with E-state index in [1.54, 1.807) is 41.7 Å². The van der Waals surface area contributed by atoms with E-state index in [0.717, 1.165) is 22.8 Å². The minimum atomic E-state index is -0.810. The number of benzene rings is 3. The molecule has 2 aliphatic heterocycles. The van der Waals surface area contributed by atoms with Gasteiger partial charge in [-0.05, 0) is 54.0 Å². The Labute approximate surface area is 276 Å². The van der Waals surface area contributed by atoms with Crippen LogP contribution in [0.15, 0.2) is 81.7 Å². The predicted octanol–water partition coefficient (Wildman–Crippen LogP) is 3.98. The highest BCUT2D eigenvalue weighted by molar-refractivity contribution is 7.07. The summed E-state index contributed by atoms with van der Waals surface area (Å²) in [6, 6.07) is 18.1. The Morgan fingerprint density at radius 3 is 2.53 bits per heavy atom. The van der Waals surface area contributed by atoms with E-state index in [1.165, 1.54) is 11.3 Å². The molecule has 2 aliphatic rings. The molecule has 0 spiro atoms. The number of fused-ring (bicyclic) bond motifs is 2. The van der Waals surface area contributed by atoms with Gasteiger partial charge < -0.3 is 23.8 Å². The standard InChI is InChI=1S/C36H37N3O7S/c1-4-8-27-32(35(42)45-5-2)33(31-26-10-7-6-9-24(26)13-16-28(31)43-3)39-34(41)29(47-36(39)37-27)21-23-11-14-25(15-12-23)46-22-30(40)38-17-19-44-20-18-38/h6-7,9-16,21,33H,4-5,8,17-20,22H2,1-3H3/b29-21+/t33-/m1/s1. The summed E-state index contributed by atoms with van der Waals surface area (Å²) >= 11 is 1.27. The molecule has 0 aliphatic carbocycles. The van der Waals surface area contributed by atoms with Crippen LogP contribution in [-0.4, -0.2) is 68.0 Å². The van der Waals surface area contributed by atoms with Gasteiger partial charge in [0.25, 0.3) is 11.5 Å². The van der Waals surface area contributed by atoms with E-state index < -0.39 is 12.0 Å². The van der Waals surface area contributed by atoms with Crippen LogP contribution in [0.25, 0.3) is 16.8 Å². The lowest BCUT2D eigenvalue weighted by Crippen LogP contribution is -2.42. The van der Waals surface area contributed by atoms with Gasteiger partial charge in [0.15, 0.2) is 11.4 Å². The Balaban J connectivity index is 1.42. The molecule has 0 radical (unpaired) electrons. The lowest BCUT2D eigenvalue weighted by Gasteiger charge is -2.28. The van der Waals surface area contributed by atoms with Gasteiger partial charge in [-0.15, -0.1) is 0 Å². The molecule has 1 atom stereocenters. The smallest absolute Gasteiger partial charge is 0.338 e. The molecular weight excluding hydrogens is 618 g/mol. The number of hydrogen-bond acceptors (Lipinski definition) is 9. The minimum Gasteiger partial charge on any atom is -0.496 e. The number of rotatable bonds is 10. The zero-order valence-corrected chi connectivity index (χ0v) is 27.5. The average molecular weight is 656 g/mol. The number of carbonyl (C=O) groups excluding carboxylic acids is 2. The molecule has 6 rings (SSSR count). The maximum absolute atomic E-state index is 14.3. The van der Waals surface area contributed by atoms with E-state index in [1.807, 2.05) is 55.5 Å². The highest BCUT2D eigenvalue weighted by Crippen LogP contribution is 2.41.